The molecule has 0 bridgehead atoms. The first-order valence-electron chi connectivity index (χ1n) is 25.1. The van der Waals surface area contributed by atoms with Crippen molar-refractivity contribution >= 4 is 17.0 Å². The molecule has 0 spiro atoms. The lowest BCUT2D eigenvalue weighted by molar-refractivity contribution is 0.318. The van der Waals surface area contributed by atoms with Gasteiger partial charge in [-0.05, 0) is 181 Å². The van der Waals surface area contributed by atoms with Crippen LogP contribution in [0.15, 0.2) is 206 Å². The highest BCUT2D eigenvalue weighted by molar-refractivity contribution is 6.05. The van der Waals surface area contributed by atoms with Crippen LogP contribution in [0, 0.1) is 41.4 Å². The quantitative estimate of drug-likeness (QED) is 0.281. The van der Waals surface area contributed by atoms with Crippen LogP contribution in [0.2, 0.25) is 0 Å². The van der Waals surface area contributed by atoms with Crippen molar-refractivity contribution in [1.29, 1.82) is 0 Å². The van der Waals surface area contributed by atoms with E-state index in [1.807, 2.05) is 5.57 Å². The summed E-state index contributed by atoms with van der Waals surface area (Å²) in [4.78, 5) is 5.57. The molecule has 1 aromatic carbocycles. The molecule has 5 unspecified atom stereocenters. The average molecular weight is 820 g/mol. The molecular formula is C62H61N. The molecule has 1 aromatic rings. The van der Waals surface area contributed by atoms with E-state index in [4.69, 9.17) is 4.99 Å². The van der Waals surface area contributed by atoms with Crippen LogP contribution >= 0.6 is 0 Å². The molecule has 11 aliphatic carbocycles. The van der Waals surface area contributed by atoms with Crippen LogP contribution in [0.5, 0.6) is 0 Å². The third-order valence-corrected chi connectivity index (χ3v) is 17.3. The summed E-state index contributed by atoms with van der Waals surface area (Å²) < 4.78 is 0. The smallest absolute Gasteiger partial charge is 0.0677 e. The molecule has 2 fully saturated rings. The van der Waals surface area contributed by atoms with E-state index in [0.717, 1.165) is 19.3 Å². The number of hydrogen-bond acceptors (Lipinski definition) is 1. The molecule has 1 heteroatoms. The highest BCUT2D eigenvalue weighted by Gasteiger charge is 2.45. The van der Waals surface area contributed by atoms with Gasteiger partial charge in [0.1, 0.15) is 0 Å². The van der Waals surface area contributed by atoms with Gasteiger partial charge in [-0.25, -0.2) is 0 Å². The first kappa shape index (κ1) is 38.2. The lowest BCUT2D eigenvalue weighted by Crippen LogP contribution is -2.34. The molecule has 6 atom stereocenters. The van der Waals surface area contributed by atoms with E-state index in [1.54, 1.807) is 33.4 Å². The molecule has 1 nitrogen and oxygen atoms in total. The molecule has 1 heterocycles. The van der Waals surface area contributed by atoms with Crippen molar-refractivity contribution in [2.24, 2.45) is 46.4 Å². The van der Waals surface area contributed by atoms with Gasteiger partial charge in [0.15, 0.2) is 0 Å². The molecule has 12 aliphatic rings. The molecule has 0 radical (unpaired) electrons. The number of rotatable bonds is 5. The topological polar surface area (TPSA) is 12.4 Å². The number of fused-ring (bicyclic) bond motifs is 10. The van der Waals surface area contributed by atoms with E-state index >= 15 is 0 Å². The maximum Gasteiger partial charge on any atom is 0.0677 e. The van der Waals surface area contributed by atoms with Crippen LogP contribution in [0.3, 0.4) is 0 Å². The third-order valence-electron chi connectivity index (χ3n) is 17.3. The van der Waals surface area contributed by atoms with Crippen molar-refractivity contribution in [1.82, 2.24) is 0 Å². The van der Waals surface area contributed by atoms with Crippen molar-refractivity contribution in [3.05, 3.63) is 212 Å². The Hall–Kier alpha value is -5.27. The fourth-order valence-corrected chi connectivity index (χ4v) is 14.3. The minimum absolute atomic E-state index is 0.298. The van der Waals surface area contributed by atoms with E-state index in [1.165, 1.54) is 127 Å². The predicted molar refractivity (Wildman–Crippen MR) is 263 cm³/mol. The van der Waals surface area contributed by atoms with Crippen molar-refractivity contribution < 1.29 is 0 Å². The van der Waals surface area contributed by atoms with Gasteiger partial charge in [-0.3, -0.25) is 4.99 Å². The van der Waals surface area contributed by atoms with Gasteiger partial charge in [0, 0.05) is 35.3 Å². The normalized spacial score (nSPS) is 33.4. The van der Waals surface area contributed by atoms with Gasteiger partial charge in [0.05, 0.1) is 11.6 Å². The van der Waals surface area contributed by atoms with Crippen LogP contribution in [0.4, 0.5) is 5.69 Å². The van der Waals surface area contributed by atoms with Crippen LogP contribution < -0.4 is 0 Å². The second-order valence-electron chi connectivity index (χ2n) is 20.6. The first-order valence-corrected chi connectivity index (χ1v) is 25.1. The summed E-state index contributed by atoms with van der Waals surface area (Å²) in [5.41, 5.74) is 24.7. The van der Waals surface area contributed by atoms with Crippen molar-refractivity contribution in [2.75, 3.05) is 0 Å². The molecule has 0 N–H and O–H groups in total. The van der Waals surface area contributed by atoms with Crippen molar-refractivity contribution in [2.45, 2.75) is 102 Å². The lowest BCUT2D eigenvalue weighted by Gasteiger charge is -2.44. The average Bonchev–Trinajstić information content (AvgIpc) is 3.75. The van der Waals surface area contributed by atoms with Gasteiger partial charge < -0.3 is 0 Å². The summed E-state index contributed by atoms with van der Waals surface area (Å²) in [5.74, 6) is 4.01. The summed E-state index contributed by atoms with van der Waals surface area (Å²) in [6.07, 6.45) is 67.1. The molecule has 0 aromatic heterocycles. The van der Waals surface area contributed by atoms with Gasteiger partial charge in [-0.15, -0.1) is 0 Å². The monoisotopic (exact) mass is 819 g/mol. The minimum atomic E-state index is 0.298. The van der Waals surface area contributed by atoms with Crippen LogP contribution in [0.1, 0.15) is 113 Å². The second kappa shape index (κ2) is 15.8. The second-order valence-corrected chi connectivity index (χ2v) is 20.6. The summed E-state index contributed by atoms with van der Waals surface area (Å²) >= 11 is 0. The van der Waals surface area contributed by atoms with E-state index in [0.29, 0.717) is 47.3 Å². The Morgan fingerprint density at radius 2 is 1.44 bits per heavy atom. The summed E-state index contributed by atoms with van der Waals surface area (Å²) in [7, 11) is 0. The van der Waals surface area contributed by atoms with Gasteiger partial charge >= 0.3 is 0 Å². The maximum atomic E-state index is 5.57. The Balaban J connectivity index is 0.860. The van der Waals surface area contributed by atoms with Gasteiger partial charge in [-0.1, -0.05) is 145 Å². The molecule has 0 saturated heterocycles. The van der Waals surface area contributed by atoms with E-state index in [-0.39, 0.29) is 0 Å². The molecule has 314 valence electrons. The minimum Gasteiger partial charge on any atom is -0.256 e. The van der Waals surface area contributed by atoms with E-state index in [9.17, 15) is 0 Å². The Kier molecular flexibility index (Phi) is 9.56. The highest BCUT2D eigenvalue weighted by atomic mass is 14.8. The Morgan fingerprint density at radius 1 is 0.619 bits per heavy atom. The molecule has 1 aliphatic heterocycles. The highest BCUT2D eigenvalue weighted by Crippen LogP contribution is 2.57. The number of aliphatic imine (C=N–C) groups is 1. The Bertz CT molecular complexity index is 2720. The summed E-state index contributed by atoms with van der Waals surface area (Å²) in [5, 5.41) is 0. The lowest BCUT2D eigenvalue weighted by atomic mass is 9.60. The number of nitrogens with zero attached hydrogens (tertiary/aromatic N) is 1. The fourth-order valence-electron chi connectivity index (χ4n) is 14.3. The summed E-state index contributed by atoms with van der Waals surface area (Å²) in [6.45, 7) is 0. The third kappa shape index (κ3) is 6.50. The number of benzene rings is 1. The van der Waals surface area contributed by atoms with Crippen molar-refractivity contribution in [3.8, 4) is 0 Å². The molecule has 63 heavy (non-hydrogen) atoms. The van der Waals surface area contributed by atoms with Crippen LogP contribution in [-0.2, 0) is 0 Å². The Labute approximate surface area is 376 Å². The zero-order valence-corrected chi connectivity index (χ0v) is 37.0. The van der Waals surface area contributed by atoms with Crippen LogP contribution in [0.25, 0.3) is 5.57 Å². The SMILES string of the molecule is C1=CC2=CC(C3CCC(C4=C5CCCCC5=C(C5=CCC(C6=CCCC=C6)C=C5)C5=CC=C(c6ccc7c(c6)N=C6C7C7=C(CCC=C7)C7C=CC=CC67)C[C@H]54)CC3)=CCC2C=C1. The predicted octanol–water partition coefficient (Wildman–Crippen LogP) is 16.0. The number of allylic oxidation sites excluding steroid dienone is 32. The standard InChI is InChI=1S/C62H61N/c1-2-12-39(13-3-1)41-22-27-43(28-23-41)59-52-19-9-10-20-53(52)60(44-29-24-42(25-30-44)46-31-26-40-14-4-5-15-45(40)36-46)57-37-47(32-34-54(57)59)48-33-35-56-58(38-48)63-62-55-21-11-7-17-50(55)49-16-6-8-18-51(49)61(56)62/h2,4-5,7-8,11-15,17-18,21-22,27-28,31-36,38,40-42,44,50,55,57,61H,1,3,6,9-10,16,19-20,23-26,29-30,37H2/t40?,41?,42?,44?,50?,55?,57-,61?/m1/s1. The van der Waals surface area contributed by atoms with E-state index in [2.05, 4.69) is 140 Å². The van der Waals surface area contributed by atoms with Gasteiger partial charge in [-0.2, -0.15) is 0 Å². The van der Waals surface area contributed by atoms with Crippen molar-refractivity contribution in [3.63, 3.8) is 0 Å². The number of hydrogen-bond donors (Lipinski definition) is 0. The van der Waals surface area contributed by atoms with Gasteiger partial charge in [0.2, 0.25) is 0 Å². The summed E-state index contributed by atoms with van der Waals surface area (Å²) in [6, 6.07) is 7.42. The molecule has 2 saturated carbocycles. The van der Waals surface area contributed by atoms with Crippen LogP contribution in [-0.4, -0.2) is 5.71 Å². The first-order chi connectivity index (χ1) is 31.2. The zero-order chi connectivity index (χ0) is 41.4. The zero-order valence-electron chi connectivity index (χ0n) is 37.0. The Morgan fingerprint density at radius 3 is 2.32 bits per heavy atom. The molecular weight excluding hydrogens is 759 g/mol. The fraction of sp³-hybridized carbons (Fsp3) is 0.371. The molecule has 13 rings (SSSR count). The molecule has 0 amide bonds. The van der Waals surface area contributed by atoms with E-state index < -0.39 is 0 Å². The largest absolute Gasteiger partial charge is 0.256 e. The van der Waals surface area contributed by atoms with Gasteiger partial charge in [0.25, 0.3) is 0 Å². The maximum absolute atomic E-state index is 5.57.